The van der Waals surface area contributed by atoms with Gasteiger partial charge in [0.15, 0.2) is 0 Å². The quantitative estimate of drug-likeness (QED) is 0.921. The second-order valence-corrected chi connectivity index (χ2v) is 6.56. The molecule has 0 radical (unpaired) electrons. The van der Waals surface area contributed by atoms with Gasteiger partial charge >= 0.3 is 0 Å². The third-order valence-corrected chi connectivity index (χ3v) is 4.57. The van der Waals surface area contributed by atoms with Crippen LogP contribution >= 0.6 is 0 Å². The summed E-state index contributed by atoms with van der Waals surface area (Å²) >= 11 is 0. The second kappa shape index (κ2) is 5.78. The van der Waals surface area contributed by atoms with Crippen molar-refractivity contribution in [1.29, 1.82) is 0 Å². The van der Waals surface area contributed by atoms with E-state index in [2.05, 4.69) is 17.4 Å². The number of hydrogen-bond donors (Lipinski definition) is 1. The standard InChI is InChI=1S/C17H23NO3/c1-16(12-21-13-16)18-15(19)17(7-9-20-10-8-17)11-14-5-3-2-4-6-14/h2-6H,7-13H2,1H3,(H,18,19). The summed E-state index contributed by atoms with van der Waals surface area (Å²) in [4.78, 5) is 12.9. The van der Waals surface area contributed by atoms with E-state index in [-0.39, 0.29) is 16.9 Å². The average Bonchev–Trinajstić information content (AvgIpc) is 2.47. The maximum atomic E-state index is 12.9. The minimum atomic E-state index is -0.349. The molecule has 21 heavy (non-hydrogen) atoms. The van der Waals surface area contributed by atoms with E-state index in [1.54, 1.807) is 0 Å². The predicted molar refractivity (Wildman–Crippen MR) is 80.0 cm³/mol. The minimum absolute atomic E-state index is 0.153. The second-order valence-electron chi connectivity index (χ2n) is 6.56. The summed E-state index contributed by atoms with van der Waals surface area (Å²) in [6.45, 7) is 4.58. The molecule has 2 saturated heterocycles. The molecule has 1 aromatic rings. The van der Waals surface area contributed by atoms with Gasteiger partial charge in [-0.05, 0) is 31.7 Å². The van der Waals surface area contributed by atoms with Gasteiger partial charge in [-0.1, -0.05) is 30.3 Å². The van der Waals surface area contributed by atoms with Crippen LogP contribution in [0.3, 0.4) is 0 Å². The van der Waals surface area contributed by atoms with E-state index in [0.29, 0.717) is 26.4 Å². The molecule has 1 N–H and O–H groups in total. The van der Waals surface area contributed by atoms with Gasteiger partial charge in [-0.3, -0.25) is 4.79 Å². The number of carbonyl (C=O) groups is 1. The van der Waals surface area contributed by atoms with Crippen molar-refractivity contribution in [3.05, 3.63) is 35.9 Å². The molecule has 2 fully saturated rings. The molecule has 4 nitrogen and oxygen atoms in total. The number of hydrogen-bond acceptors (Lipinski definition) is 3. The monoisotopic (exact) mass is 289 g/mol. The SMILES string of the molecule is CC1(NC(=O)C2(Cc3ccccc3)CCOCC2)COC1. The highest BCUT2D eigenvalue weighted by molar-refractivity contribution is 5.84. The molecule has 0 spiro atoms. The molecule has 2 aliphatic heterocycles. The zero-order valence-corrected chi connectivity index (χ0v) is 12.6. The largest absolute Gasteiger partial charge is 0.381 e. The van der Waals surface area contributed by atoms with Gasteiger partial charge in [0.2, 0.25) is 5.91 Å². The van der Waals surface area contributed by atoms with Gasteiger partial charge in [0.25, 0.3) is 0 Å². The van der Waals surface area contributed by atoms with Crippen LogP contribution in [0.4, 0.5) is 0 Å². The lowest BCUT2D eigenvalue weighted by molar-refractivity contribution is -0.146. The molecule has 0 unspecified atom stereocenters. The van der Waals surface area contributed by atoms with Crippen LogP contribution in [0.15, 0.2) is 30.3 Å². The Morgan fingerprint density at radius 1 is 1.14 bits per heavy atom. The van der Waals surface area contributed by atoms with E-state index in [1.807, 2.05) is 25.1 Å². The Morgan fingerprint density at radius 2 is 1.81 bits per heavy atom. The van der Waals surface area contributed by atoms with E-state index in [4.69, 9.17) is 9.47 Å². The van der Waals surface area contributed by atoms with Crippen LogP contribution in [0.5, 0.6) is 0 Å². The molecule has 4 heteroatoms. The van der Waals surface area contributed by atoms with Crippen molar-refractivity contribution in [2.24, 2.45) is 5.41 Å². The van der Waals surface area contributed by atoms with Gasteiger partial charge in [-0.15, -0.1) is 0 Å². The van der Waals surface area contributed by atoms with Crippen LogP contribution in [-0.4, -0.2) is 37.9 Å². The van der Waals surface area contributed by atoms with Crippen molar-refractivity contribution in [3.63, 3.8) is 0 Å². The third kappa shape index (κ3) is 3.11. The molecule has 0 aliphatic carbocycles. The summed E-state index contributed by atoms with van der Waals surface area (Å²) < 4.78 is 10.7. The first kappa shape index (κ1) is 14.5. The highest BCUT2D eigenvalue weighted by atomic mass is 16.5. The van der Waals surface area contributed by atoms with Crippen LogP contribution < -0.4 is 5.32 Å². The third-order valence-electron chi connectivity index (χ3n) is 4.57. The topological polar surface area (TPSA) is 47.6 Å². The van der Waals surface area contributed by atoms with Gasteiger partial charge in [0.05, 0.1) is 24.2 Å². The zero-order chi connectivity index (χ0) is 14.8. The van der Waals surface area contributed by atoms with Crippen LogP contribution in [-0.2, 0) is 20.7 Å². The molecular weight excluding hydrogens is 266 g/mol. The Bertz CT molecular complexity index is 490. The Labute approximate surface area is 125 Å². The molecule has 1 amide bonds. The van der Waals surface area contributed by atoms with Gasteiger partial charge in [-0.25, -0.2) is 0 Å². The van der Waals surface area contributed by atoms with Gasteiger partial charge in [0, 0.05) is 13.2 Å². The van der Waals surface area contributed by atoms with E-state index in [1.165, 1.54) is 5.56 Å². The lowest BCUT2D eigenvalue weighted by Crippen LogP contribution is -2.63. The molecule has 114 valence electrons. The van der Waals surface area contributed by atoms with E-state index in [9.17, 15) is 4.79 Å². The fourth-order valence-electron chi connectivity index (χ4n) is 3.12. The van der Waals surface area contributed by atoms with Gasteiger partial charge < -0.3 is 14.8 Å². The Morgan fingerprint density at radius 3 is 2.38 bits per heavy atom. The fraction of sp³-hybridized carbons (Fsp3) is 0.588. The molecule has 3 rings (SSSR count). The maximum Gasteiger partial charge on any atom is 0.227 e. The van der Waals surface area contributed by atoms with Crippen molar-refractivity contribution < 1.29 is 14.3 Å². The number of amides is 1. The first-order chi connectivity index (χ1) is 10.1. The molecule has 0 bridgehead atoms. The molecule has 0 aromatic heterocycles. The maximum absolute atomic E-state index is 12.9. The summed E-state index contributed by atoms with van der Waals surface area (Å²) in [5.74, 6) is 0.153. The summed E-state index contributed by atoms with van der Waals surface area (Å²) in [7, 11) is 0. The average molecular weight is 289 g/mol. The van der Waals surface area contributed by atoms with Gasteiger partial charge in [-0.2, -0.15) is 0 Å². The fourth-order valence-corrected chi connectivity index (χ4v) is 3.12. The molecule has 2 heterocycles. The van der Waals surface area contributed by atoms with Crippen molar-refractivity contribution in [3.8, 4) is 0 Å². The highest BCUT2D eigenvalue weighted by Gasteiger charge is 2.44. The Kier molecular flexibility index (Phi) is 4.00. The number of benzene rings is 1. The molecule has 2 aliphatic rings. The van der Waals surface area contributed by atoms with Crippen LogP contribution in [0.25, 0.3) is 0 Å². The lowest BCUT2D eigenvalue weighted by Gasteiger charge is -2.43. The van der Waals surface area contributed by atoms with Crippen molar-refractivity contribution in [1.82, 2.24) is 5.32 Å². The minimum Gasteiger partial charge on any atom is -0.381 e. The van der Waals surface area contributed by atoms with Crippen molar-refractivity contribution >= 4 is 5.91 Å². The first-order valence-electron chi connectivity index (χ1n) is 7.64. The number of carbonyl (C=O) groups excluding carboxylic acids is 1. The summed E-state index contributed by atoms with van der Waals surface area (Å²) in [6.07, 6.45) is 2.34. The lowest BCUT2D eigenvalue weighted by atomic mass is 9.74. The van der Waals surface area contributed by atoms with Crippen LogP contribution in [0.1, 0.15) is 25.3 Å². The molecule has 0 saturated carbocycles. The number of nitrogens with one attached hydrogen (secondary N) is 1. The van der Waals surface area contributed by atoms with Gasteiger partial charge in [0.1, 0.15) is 0 Å². The molecular formula is C17H23NO3. The zero-order valence-electron chi connectivity index (χ0n) is 12.6. The summed E-state index contributed by atoms with van der Waals surface area (Å²) in [6, 6.07) is 10.3. The normalized spacial score (nSPS) is 23.1. The van der Waals surface area contributed by atoms with Crippen molar-refractivity contribution in [2.75, 3.05) is 26.4 Å². The van der Waals surface area contributed by atoms with Crippen LogP contribution in [0, 0.1) is 5.41 Å². The van der Waals surface area contributed by atoms with E-state index < -0.39 is 0 Å². The van der Waals surface area contributed by atoms with E-state index in [0.717, 1.165) is 19.3 Å². The Balaban J connectivity index is 1.77. The Hall–Kier alpha value is -1.39. The van der Waals surface area contributed by atoms with Crippen LogP contribution in [0.2, 0.25) is 0 Å². The molecule has 1 aromatic carbocycles. The summed E-state index contributed by atoms with van der Waals surface area (Å²) in [5, 5.41) is 3.20. The predicted octanol–water partition coefficient (Wildman–Crippen LogP) is 1.93. The first-order valence-corrected chi connectivity index (χ1v) is 7.64. The molecule has 0 atom stereocenters. The number of rotatable bonds is 4. The van der Waals surface area contributed by atoms with Crippen molar-refractivity contribution in [2.45, 2.75) is 31.7 Å². The summed E-state index contributed by atoms with van der Waals surface area (Å²) in [5.41, 5.74) is 0.668. The van der Waals surface area contributed by atoms with E-state index >= 15 is 0 Å². The number of ether oxygens (including phenoxy) is 2. The highest BCUT2D eigenvalue weighted by Crippen LogP contribution is 2.35. The smallest absolute Gasteiger partial charge is 0.227 e.